The molecule has 0 heterocycles. The summed E-state index contributed by atoms with van der Waals surface area (Å²) in [5.41, 5.74) is 2.36. The number of nitrogens with one attached hydrogen (secondary N) is 3. The summed E-state index contributed by atoms with van der Waals surface area (Å²) in [7, 11) is 1.50. The van der Waals surface area contributed by atoms with Crippen LogP contribution in [0.2, 0.25) is 0 Å². The number of amidine groups is 1. The Hall–Kier alpha value is -3.68. The van der Waals surface area contributed by atoms with E-state index in [4.69, 9.17) is 14.9 Å². The normalized spacial score (nSPS) is 14.2. The van der Waals surface area contributed by atoms with Crippen LogP contribution >= 0.6 is 0 Å². The molecule has 1 aromatic rings. The van der Waals surface area contributed by atoms with Crippen molar-refractivity contribution in [1.29, 1.82) is 5.41 Å². The van der Waals surface area contributed by atoms with E-state index in [0.717, 1.165) is 25.7 Å². The van der Waals surface area contributed by atoms with Gasteiger partial charge in [0.25, 0.3) is 0 Å². The van der Waals surface area contributed by atoms with Gasteiger partial charge in [0.1, 0.15) is 0 Å². The number of hydrogen-bond acceptors (Lipinski definition) is 6. The van der Waals surface area contributed by atoms with Gasteiger partial charge in [-0.1, -0.05) is 38.5 Å². The van der Waals surface area contributed by atoms with Crippen molar-refractivity contribution in [3.63, 3.8) is 0 Å². The van der Waals surface area contributed by atoms with E-state index in [2.05, 4.69) is 29.3 Å². The zero-order chi connectivity index (χ0) is 25.8. The Labute approximate surface area is 207 Å². The smallest absolute Gasteiger partial charge is 0.339 e. The number of carbonyl (C=O) groups excluding carboxylic acids is 2. The van der Waals surface area contributed by atoms with Crippen LogP contribution in [-0.2, 0) is 14.3 Å². The number of rotatable bonds is 13. The van der Waals surface area contributed by atoms with Crippen LogP contribution in [0.5, 0.6) is 5.75 Å². The number of benzene rings is 1. The molecule has 1 saturated carbocycles. The van der Waals surface area contributed by atoms with Gasteiger partial charge in [0.2, 0.25) is 5.91 Å². The fraction of sp³-hybridized carbons (Fsp3) is 0.407. The van der Waals surface area contributed by atoms with Crippen molar-refractivity contribution in [2.45, 2.75) is 52.9 Å². The molecule has 0 radical (unpaired) electrons. The second kappa shape index (κ2) is 13.9. The number of esters is 1. The highest BCUT2D eigenvalue weighted by Gasteiger charge is 2.30. The number of para-hydroxylation sites is 1. The minimum absolute atomic E-state index is 0.0230. The fourth-order valence-corrected chi connectivity index (χ4v) is 3.36. The van der Waals surface area contributed by atoms with E-state index >= 15 is 0 Å². The molecule has 0 bridgehead atoms. The number of amides is 1. The van der Waals surface area contributed by atoms with Crippen LogP contribution in [0.3, 0.4) is 0 Å². The third-order valence-electron chi connectivity index (χ3n) is 5.26. The minimum atomic E-state index is -0.480. The molecule has 0 aromatic heterocycles. The predicted octanol–water partition coefficient (Wildman–Crippen LogP) is 5.13. The Morgan fingerprint density at radius 2 is 1.97 bits per heavy atom. The third kappa shape index (κ3) is 7.95. The van der Waals surface area contributed by atoms with Gasteiger partial charge < -0.3 is 20.1 Å². The molecule has 188 valence electrons. The van der Waals surface area contributed by atoms with Crippen molar-refractivity contribution in [2.24, 2.45) is 10.9 Å². The lowest BCUT2D eigenvalue weighted by Gasteiger charge is -2.19. The largest absolute Gasteiger partial charge is 0.494 e. The summed E-state index contributed by atoms with van der Waals surface area (Å²) < 4.78 is 10.9. The van der Waals surface area contributed by atoms with Crippen molar-refractivity contribution in [3.05, 3.63) is 59.0 Å². The van der Waals surface area contributed by atoms with Gasteiger partial charge in [-0.3, -0.25) is 10.2 Å². The van der Waals surface area contributed by atoms with Crippen LogP contribution < -0.4 is 15.4 Å². The van der Waals surface area contributed by atoms with Gasteiger partial charge in [0.15, 0.2) is 11.6 Å². The van der Waals surface area contributed by atoms with E-state index < -0.39 is 5.97 Å². The Bertz CT molecular complexity index is 1040. The summed E-state index contributed by atoms with van der Waals surface area (Å²) in [6, 6.07) is 5.24. The molecule has 1 aliphatic rings. The number of ether oxygens (including phenoxy) is 2. The summed E-state index contributed by atoms with van der Waals surface area (Å²) >= 11 is 0. The average Bonchev–Trinajstić information content (AvgIpc) is 3.70. The van der Waals surface area contributed by atoms with Crippen LogP contribution in [0.15, 0.2) is 58.4 Å². The number of unbranched alkanes of at least 4 members (excludes halogenated alkanes) is 1. The number of aliphatic imine (C=N–C) groups is 1. The molecule has 1 amide bonds. The molecule has 3 N–H and O–H groups in total. The van der Waals surface area contributed by atoms with E-state index in [1.54, 1.807) is 37.3 Å². The van der Waals surface area contributed by atoms with Crippen LogP contribution in [0.25, 0.3) is 0 Å². The van der Waals surface area contributed by atoms with Crippen LogP contribution in [0.4, 0.5) is 5.69 Å². The Kier molecular flexibility index (Phi) is 10.9. The third-order valence-corrected chi connectivity index (χ3v) is 5.26. The predicted molar refractivity (Wildman–Crippen MR) is 140 cm³/mol. The maximum atomic E-state index is 12.9. The molecule has 35 heavy (non-hydrogen) atoms. The molecule has 2 rings (SSSR count). The van der Waals surface area contributed by atoms with E-state index in [1.807, 2.05) is 13.0 Å². The first-order chi connectivity index (χ1) is 16.9. The standard InChI is InChI=1S/C27H36N4O4/c1-6-9-12-19(30-26(32)18-15-16-18)17-23(20(11-7-2)27(33)35-8-3)31-22-14-10-13-21(24(22)34-5)25(28)29-4/h10-14,17-18,28,31H,4,6-9,15-16H2,1-3,5H3,(H,30,32)/b19-12-,20-11-,23-17+,28-25?. The van der Waals surface area contributed by atoms with Crippen LogP contribution in [0.1, 0.15) is 58.4 Å². The minimum Gasteiger partial charge on any atom is -0.494 e. The lowest BCUT2D eigenvalue weighted by molar-refractivity contribution is -0.138. The first-order valence-corrected chi connectivity index (χ1v) is 12.0. The highest BCUT2D eigenvalue weighted by molar-refractivity contribution is 6.03. The maximum absolute atomic E-state index is 12.9. The second-order valence-corrected chi connectivity index (χ2v) is 8.03. The molecular weight excluding hydrogens is 444 g/mol. The lowest BCUT2D eigenvalue weighted by atomic mass is 10.1. The number of anilines is 1. The highest BCUT2D eigenvalue weighted by Crippen LogP contribution is 2.32. The highest BCUT2D eigenvalue weighted by atomic mass is 16.5. The molecule has 0 aliphatic heterocycles. The topological polar surface area (TPSA) is 113 Å². The number of nitrogens with zero attached hydrogens (tertiary/aromatic N) is 1. The average molecular weight is 481 g/mol. The molecule has 8 heteroatoms. The van der Waals surface area contributed by atoms with Crippen molar-refractivity contribution >= 4 is 30.1 Å². The molecule has 0 atom stereocenters. The maximum Gasteiger partial charge on any atom is 0.339 e. The molecule has 8 nitrogen and oxygen atoms in total. The molecule has 1 aliphatic carbocycles. The Morgan fingerprint density at radius 1 is 1.23 bits per heavy atom. The van der Waals surface area contributed by atoms with E-state index in [1.165, 1.54) is 7.11 Å². The zero-order valence-corrected chi connectivity index (χ0v) is 21.1. The first kappa shape index (κ1) is 27.6. The quantitative estimate of drug-likeness (QED) is 0.119. The van der Waals surface area contributed by atoms with Crippen LogP contribution in [0, 0.1) is 11.3 Å². The van der Waals surface area contributed by atoms with Gasteiger partial charge in [-0.25, -0.2) is 9.79 Å². The molecular formula is C27H36N4O4. The summed E-state index contributed by atoms with van der Waals surface area (Å²) in [4.78, 5) is 29.2. The lowest BCUT2D eigenvalue weighted by Crippen LogP contribution is -2.24. The Balaban J connectivity index is 2.61. The van der Waals surface area contributed by atoms with E-state index in [-0.39, 0.29) is 24.3 Å². The fourth-order valence-electron chi connectivity index (χ4n) is 3.36. The molecule has 0 unspecified atom stereocenters. The summed E-state index contributed by atoms with van der Waals surface area (Å²) in [6.45, 7) is 9.40. The SMILES string of the molecule is C=NC(=N)c1cccc(NC(=C/C(=C/CCC)NC(=O)C2CC2)/C(=C/CC)C(=O)OCC)c1OC. The van der Waals surface area contributed by atoms with E-state index in [0.29, 0.717) is 40.4 Å². The van der Waals surface area contributed by atoms with Gasteiger partial charge in [-0.05, 0) is 57.5 Å². The monoisotopic (exact) mass is 480 g/mol. The van der Waals surface area contributed by atoms with Gasteiger partial charge in [-0.15, -0.1) is 0 Å². The van der Waals surface area contributed by atoms with Gasteiger partial charge >= 0.3 is 5.97 Å². The second-order valence-electron chi connectivity index (χ2n) is 8.03. The molecule has 1 fully saturated rings. The first-order valence-electron chi connectivity index (χ1n) is 12.0. The number of allylic oxidation sites excluding steroid dienone is 3. The Morgan fingerprint density at radius 3 is 2.54 bits per heavy atom. The number of carbonyl (C=O) groups is 2. The van der Waals surface area contributed by atoms with Gasteiger partial charge in [0.05, 0.1) is 36.2 Å². The molecule has 1 aromatic carbocycles. The van der Waals surface area contributed by atoms with Crippen molar-refractivity contribution in [2.75, 3.05) is 19.0 Å². The van der Waals surface area contributed by atoms with Crippen molar-refractivity contribution in [1.82, 2.24) is 5.32 Å². The number of methoxy groups -OCH3 is 1. The summed E-state index contributed by atoms with van der Waals surface area (Å²) in [5.74, 6) is -0.116. The van der Waals surface area contributed by atoms with E-state index in [9.17, 15) is 9.59 Å². The van der Waals surface area contributed by atoms with Gasteiger partial charge in [-0.2, -0.15) is 0 Å². The summed E-state index contributed by atoms with van der Waals surface area (Å²) in [6.07, 6.45) is 9.51. The zero-order valence-electron chi connectivity index (χ0n) is 21.1. The van der Waals surface area contributed by atoms with Crippen molar-refractivity contribution in [3.8, 4) is 5.75 Å². The number of hydrogen-bond donors (Lipinski definition) is 3. The molecule has 0 saturated heterocycles. The molecule has 0 spiro atoms. The van der Waals surface area contributed by atoms with Gasteiger partial charge in [0, 0.05) is 11.6 Å². The van der Waals surface area contributed by atoms with Crippen LogP contribution in [-0.4, -0.2) is 38.1 Å². The summed E-state index contributed by atoms with van der Waals surface area (Å²) in [5, 5.41) is 14.4. The van der Waals surface area contributed by atoms with Crippen molar-refractivity contribution < 1.29 is 19.1 Å².